The van der Waals surface area contributed by atoms with Gasteiger partial charge in [-0.05, 0) is 79.1 Å². The summed E-state index contributed by atoms with van der Waals surface area (Å²) in [6, 6.07) is 12.7. The van der Waals surface area contributed by atoms with Gasteiger partial charge in [-0.1, -0.05) is 12.1 Å². The summed E-state index contributed by atoms with van der Waals surface area (Å²) in [6.07, 6.45) is 8.82. The van der Waals surface area contributed by atoms with Crippen molar-refractivity contribution in [1.82, 2.24) is 20.3 Å². The van der Waals surface area contributed by atoms with Crippen LogP contribution in [0, 0.1) is 5.92 Å². The lowest BCUT2D eigenvalue weighted by molar-refractivity contribution is -0.119. The summed E-state index contributed by atoms with van der Waals surface area (Å²) < 4.78 is 0. The molecule has 0 atom stereocenters. The number of nitrogens with one attached hydrogen (secondary N) is 1. The average molecular weight is 491 g/mol. The zero-order valence-corrected chi connectivity index (χ0v) is 20.4. The molecule has 4 heterocycles. The zero-order valence-electron chi connectivity index (χ0n) is 18.8. The quantitative estimate of drug-likeness (QED) is 0.366. The van der Waals surface area contributed by atoms with Crippen LogP contribution in [0.3, 0.4) is 0 Å². The molecule has 1 saturated heterocycles. The van der Waals surface area contributed by atoms with Gasteiger partial charge in [0.1, 0.15) is 5.82 Å². The lowest BCUT2D eigenvalue weighted by Crippen LogP contribution is -2.33. The first kappa shape index (κ1) is 23.1. The molecule has 2 aliphatic rings. The SMILES string of the molecule is O=C1CC(=O)/C(=C/c2ccnc(CC3CCC(NCc4cccc(-c5cccs5)n4)CC3)n2)S1. The number of thioether (sulfide) groups is 1. The molecule has 8 heteroatoms. The summed E-state index contributed by atoms with van der Waals surface area (Å²) in [6.45, 7) is 0.785. The van der Waals surface area contributed by atoms with Crippen molar-refractivity contribution in [3.8, 4) is 10.6 Å². The number of thiophene rings is 1. The molecule has 1 N–H and O–H groups in total. The van der Waals surface area contributed by atoms with Gasteiger partial charge in [-0.15, -0.1) is 11.3 Å². The monoisotopic (exact) mass is 490 g/mol. The van der Waals surface area contributed by atoms with Crippen molar-refractivity contribution in [2.75, 3.05) is 0 Å². The minimum atomic E-state index is -0.116. The molecular formula is C26H26N4O2S2. The lowest BCUT2D eigenvalue weighted by Gasteiger charge is -2.29. The highest BCUT2D eigenvalue weighted by atomic mass is 32.2. The summed E-state index contributed by atoms with van der Waals surface area (Å²) in [4.78, 5) is 38.9. The number of carbonyl (C=O) groups excluding carboxylic acids is 2. The van der Waals surface area contributed by atoms with Crippen molar-refractivity contribution in [3.05, 3.63) is 70.1 Å². The number of ketones is 1. The van der Waals surface area contributed by atoms with Crippen molar-refractivity contribution in [2.24, 2.45) is 5.92 Å². The lowest BCUT2D eigenvalue weighted by atomic mass is 9.84. The fraction of sp³-hybridized carbons (Fsp3) is 0.346. The molecule has 3 aromatic heterocycles. The van der Waals surface area contributed by atoms with Crippen molar-refractivity contribution >= 4 is 40.1 Å². The minimum absolute atomic E-state index is 0.0121. The third-order valence-electron chi connectivity index (χ3n) is 6.28. The van der Waals surface area contributed by atoms with E-state index in [1.54, 1.807) is 29.7 Å². The molecule has 174 valence electrons. The highest BCUT2D eigenvalue weighted by Gasteiger charge is 2.26. The van der Waals surface area contributed by atoms with E-state index in [9.17, 15) is 9.59 Å². The van der Waals surface area contributed by atoms with E-state index in [1.165, 1.54) is 4.88 Å². The van der Waals surface area contributed by atoms with Crippen LogP contribution in [-0.2, 0) is 22.6 Å². The second-order valence-corrected chi connectivity index (χ2v) is 10.8. The van der Waals surface area contributed by atoms with Gasteiger partial charge in [-0.25, -0.2) is 9.97 Å². The third-order valence-corrected chi connectivity index (χ3v) is 8.11. The summed E-state index contributed by atoms with van der Waals surface area (Å²) in [5.74, 6) is 1.25. The van der Waals surface area contributed by atoms with Crippen LogP contribution < -0.4 is 5.32 Å². The molecule has 0 unspecified atom stereocenters. The Kier molecular flexibility index (Phi) is 7.27. The molecule has 6 nitrogen and oxygen atoms in total. The Bertz CT molecular complexity index is 1200. The highest BCUT2D eigenvalue weighted by Crippen LogP contribution is 2.31. The van der Waals surface area contributed by atoms with Crippen molar-refractivity contribution < 1.29 is 9.59 Å². The number of rotatable bonds is 7. The van der Waals surface area contributed by atoms with Crippen molar-refractivity contribution in [3.63, 3.8) is 0 Å². The predicted molar refractivity (Wildman–Crippen MR) is 136 cm³/mol. The molecule has 1 saturated carbocycles. The van der Waals surface area contributed by atoms with Gasteiger partial charge < -0.3 is 5.32 Å². The van der Waals surface area contributed by atoms with Crippen LogP contribution in [-0.4, -0.2) is 31.9 Å². The van der Waals surface area contributed by atoms with Gasteiger partial charge in [0.15, 0.2) is 5.78 Å². The first-order valence-electron chi connectivity index (χ1n) is 11.6. The van der Waals surface area contributed by atoms with Crippen molar-refractivity contribution in [2.45, 2.75) is 51.1 Å². The van der Waals surface area contributed by atoms with Crippen LogP contribution in [0.5, 0.6) is 0 Å². The molecule has 5 rings (SSSR count). The molecule has 0 spiro atoms. The first-order chi connectivity index (χ1) is 16.6. The second-order valence-electron chi connectivity index (χ2n) is 8.77. The average Bonchev–Trinajstić information content (AvgIpc) is 3.49. The topological polar surface area (TPSA) is 84.8 Å². The number of pyridine rings is 1. The second kappa shape index (κ2) is 10.7. The van der Waals surface area contributed by atoms with Gasteiger partial charge >= 0.3 is 0 Å². The molecule has 0 aromatic carbocycles. The number of Topliss-reactive ketones (excluding diaryl/α,β-unsaturated/α-hetero) is 1. The van der Waals surface area contributed by atoms with Crippen LogP contribution >= 0.6 is 23.1 Å². The van der Waals surface area contributed by atoms with E-state index >= 15 is 0 Å². The maximum atomic E-state index is 11.9. The van der Waals surface area contributed by atoms with E-state index in [0.29, 0.717) is 22.6 Å². The number of hydrogen-bond acceptors (Lipinski definition) is 8. The number of aromatic nitrogens is 3. The van der Waals surface area contributed by atoms with Crippen LogP contribution in [0.2, 0.25) is 0 Å². The fourth-order valence-corrected chi connectivity index (χ4v) is 6.00. The number of nitrogens with zero attached hydrogens (tertiary/aromatic N) is 3. The van der Waals surface area contributed by atoms with E-state index in [-0.39, 0.29) is 17.3 Å². The van der Waals surface area contributed by atoms with E-state index in [4.69, 9.17) is 4.98 Å². The Balaban J connectivity index is 1.11. The van der Waals surface area contributed by atoms with Gasteiger partial charge in [0.2, 0.25) is 5.12 Å². The van der Waals surface area contributed by atoms with Crippen molar-refractivity contribution in [1.29, 1.82) is 0 Å². The fourth-order valence-electron chi connectivity index (χ4n) is 4.49. The molecule has 2 fully saturated rings. The Morgan fingerprint density at radius 2 is 1.91 bits per heavy atom. The Hall–Kier alpha value is -2.68. The van der Waals surface area contributed by atoms with Crippen LogP contribution in [0.1, 0.15) is 49.3 Å². The minimum Gasteiger partial charge on any atom is -0.308 e. The van der Waals surface area contributed by atoms with E-state index < -0.39 is 0 Å². The van der Waals surface area contributed by atoms with Gasteiger partial charge in [-0.2, -0.15) is 0 Å². The Morgan fingerprint density at radius 3 is 2.68 bits per heavy atom. The maximum Gasteiger partial charge on any atom is 0.201 e. The summed E-state index contributed by atoms with van der Waals surface area (Å²) in [7, 11) is 0. The highest BCUT2D eigenvalue weighted by molar-refractivity contribution is 8.18. The van der Waals surface area contributed by atoms with Crippen LogP contribution in [0.15, 0.2) is 52.9 Å². The molecule has 0 radical (unpaired) electrons. The first-order valence-corrected chi connectivity index (χ1v) is 13.3. The summed E-state index contributed by atoms with van der Waals surface area (Å²) in [5, 5.41) is 5.68. The van der Waals surface area contributed by atoms with E-state index in [0.717, 1.165) is 67.6 Å². The molecule has 34 heavy (non-hydrogen) atoms. The molecule has 3 aromatic rings. The predicted octanol–water partition coefficient (Wildman–Crippen LogP) is 5.06. The van der Waals surface area contributed by atoms with E-state index in [1.807, 2.05) is 0 Å². The molecular weight excluding hydrogens is 464 g/mol. The Morgan fingerprint density at radius 1 is 1.03 bits per heavy atom. The Labute approximate surface area is 207 Å². The standard InChI is InChI=1S/C26H26N4O2S2/c31-22-15-26(32)34-24(22)14-19-10-11-27-25(30-19)13-17-6-8-18(9-7-17)28-16-20-3-1-4-21(29-20)23-5-2-12-33-23/h1-5,10-12,14,17-18,28H,6-9,13,15-16H2/b24-14-. The van der Waals surface area contributed by atoms with Crippen LogP contribution in [0.25, 0.3) is 16.6 Å². The maximum absolute atomic E-state index is 11.9. The largest absolute Gasteiger partial charge is 0.308 e. The van der Waals surface area contributed by atoms with Gasteiger partial charge in [0.25, 0.3) is 0 Å². The number of carbonyl (C=O) groups is 2. The van der Waals surface area contributed by atoms with Gasteiger partial charge in [0, 0.05) is 25.2 Å². The van der Waals surface area contributed by atoms with E-state index in [2.05, 4.69) is 51.0 Å². The van der Waals surface area contributed by atoms with Gasteiger partial charge in [-0.3, -0.25) is 14.6 Å². The normalized spacial score (nSPS) is 21.9. The smallest absolute Gasteiger partial charge is 0.201 e. The summed E-state index contributed by atoms with van der Waals surface area (Å²) in [5.41, 5.74) is 2.81. The number of hydrogen-bond donors (Lipinski definition) is 1. The van der Waals surface area contributed by atoms with Gasteiger partial charge in [0.05, 0.1) is 33.3 Å². The third kappa shape index (κ3) is 5.87. The molecule has 1 aliphatic heterocycles. The molecule has 0 amide bonds. The summed E-state index contributed by atoms with van der Waals surface area (Å²) >= 11 is 2.73. The van der Waals surface area contributed by atoms with Crippen LogP contribution in [0.4, 0.5) is 0 Å². The zero-order chi connectivity index (χ0) is 23.3. The molecule has 1 aliphatic carbocycles. The number of allylic oxidation sites excluding steroid dienone is 1. The molecule has 0 bridgehead atoms.